The van der Waals surface area contributed by atoms with E-state index < -0.39 is 10.0 Å². The molecule has 0 spiro atoms. The van der Waals surface area contributed by atoms with Crippen LogP contribution in [-0.4, -0.2) is 14.1 Å². The molecule has 2 fully saturated rings. The summed E-state index contributed by atoms with van der Waals surface area (Å²) in [6.07, 6.45) is 4.53. The lowest BCUT2D eigenvalue weighted by atomic mass is 9.76. The number of nitrogens with one attached hydrogen (secondary N) is 1. The Morgan fingerprint density at radius 3 is 2.47 bits per heavy atom. The molecule has 19 heavy (non-hydrogen) atoms. The minimum absolute atomic E-state index is 0.269. The van der Waals surface area contributed by atoms with Gasteiger partial charge in [0.15, 0.2) is 0 Å². The first kappa shape index (κ1) is 12.7. The van der Waals surface area contributed by atoms with Crippen molar-refractivity contribution in [2.45, 2.75) is 37.5 Å². The summed E-state index contributed by atoms with van der Waals surface area (Å²) in [6, 6.07) is 6.80. The van der Waals surface area contributed by atoms with E-state index in [-0.39, 0.29) is 4.90 Å². The molecule has 0 heterocycles. The molecule has 0 bridgehead atoms. The fourth-order valence-corrected chi connectivity index (χ4v) is 3.74. The maximum absolute atomic E-state index is 12.1. The van der Waals surface area contributed by atoms with Crippen molar-refractivity contribution in [3.05, 3.63) is 29.8 Å². The number of hydrogen-bond acceptors (Lipinski definition) is 3. The van der Waals surface area contributed by atoms with Gasteiger partial charge in [0.25, 0.3) is 10.0 Å². The van der Waals surface area contributed by atoms with E-state index in [2.05, 4.69) is 9.93 Å². The maximum Gasteiger partial charge on any atom is 0.276 e. The molecule has 0 unspecified atom stereocenters. The molecule has 1 N–H and O–H groups in total. The summed E-state index contributed by atoms with van der Waals surface area (Å²) < 4.78 is 24.2. The van der Waals surface area contributed by atoms with Gasteiger partial charge in [0, 0.05) is 11.6 Å². The van der Waals surface area contributed by atoms with E-state index in [1.54, 1.807) is 24.3 Å². The molecule has 0 aliphatic heterocycles. The van der Waals surface area contributed by atoms with Gasteiger partial charge in [-0.1, -0.05) is 17.7 Å². The van der Waals surface area contributed by atoms with Crippen molar-refractivity contribution in [3.63, 3.8) is 0 Å². The highest BCUT2D eigenvalue weighted by Gasteiger charge is 2.39. The molecule has 0 radical (unpaired) electrons. The van der Waals surface area contributed by atoms with Crippen LogP contribution in [0.25, 0.3) is 0 Å². The third-order valence-corrected chi connectivity index (χ3v) is 5.48. The number of hydrazone groups is 1. The molecule has 0 saturated heterocycles. The van der Waals surface area contributed by atoms with Crippen molar-refractivity contribution in [2.24, 2.45) is 16.9 Å². The van der Waals surface area contributed by atoms with Crippen molar-refractivity contribution in [1.29, 1.82) is 0 Å². The Balaban J connectivity index is 1.75. The molecule has 2 aliphatic carbocycles. The van der Waals surface area contributed by atoms with Crippen molar-refractivity contribution in [2.75, 3.05) is 0 Å². The summed E-state index contributed by atoms with van der Waals surface area (Å²) in [4.78, 5) is 2.65. The summed E-state index contributed by atoms with van der Waals surface area (Å²) in [6.45, 7) is 1.93. The van der Waals surface area contributed by atoms with Gasteiger partial charge in [0.1, 0.15) is 0 Å². The van der Waals surface area contributed by atoms with Crippen LogP contribution < -0.4 is 4.83 Å². The Labute approximate surface area is 114 Å². The summed E-state index contributed by atoms with van der Waals surface area (Å²) >= 11 is 0. The Kier molecular flexibility index (Phi) is 3.09. The van der Waals surface area contributed by atoms with Crippen LogP contribution in [0.15, 0.2) is 34.3 Å². The van der Waals surface area contributed by atoms with E-state index in [1.807, 2.05) is 6.92 Å². The van der Waals surface area contributed by atoms with Gasteiger partial charge in [-0.2, -0.15) is 13.5 Å². The lowest BCUT2D eigenvalue weighted by Crippen LogP contribution is -2.27. The highest BCUT2D eigenvalue weighted by molar-refractivity contribution is 7.89. The summed E-state index contributed by atoms with van der Waals surface area (Å²) in [5, 5.41) is 4.16. The zero-order valence-electron chi connectivity index (χ0n) is 11.0. The normalized spacial score (nSPS) is 27.9. The fourth-order valence-electron chi connectivity index (χ4n) is 2.90. The van der Waals surface area contributed by atoms with E-state index >= 15 is 0 Å². The molecule has 0 amide bonds. The molecular weight excluding hydrogens is 260 g/mol. The Morgan fingerprint density at radius 2 is 1.89 bits per heavy atom. The Morgan fingerprint density at radius 1 is 1.16 bits per heavy atom. The molecule has 3 rings (SSSR count). The highest BCUT2D eigenvalue weighted by atomic mass is 32.2. The zero-order chi connectivity index (χ0) is 13.5. The molecule has 2 saturated carbocycles. The molecule has 102 valence electrons. The van der Waals surface area contributed by atoms with E-state index in [1.165, 1.54) is 6.42 Å². The smallest absolute Gasteiger partial charge is 0.200 e. The van der Waals surface area contributed by atoms with Crippen molar-refractivity contribution in [3.8, 4) is 0 Å². The van der Waals surface area contributed by atoms with E-state index in [0.717, 1.165) is 36.5 Å². The quantitative estimate of drug-likeness (QED) is 0.863. The second kappa shape index (κ2) is 4.63. The SMILES string of the molecule is Cc1ccc(S(=O)(=O)N/N=C2/CC[C@H]3CC[C@@H]23)cc1. The second-order valence-electron chi connectivity index (χ2n) is 5.49. The number of sulfonamides is 1. The van der Waals surface area contributed by atoms with Gasteiger partial charge >= 0.3 is 0 Å². The van der Waals surface area contributed by atoms with Crippen LogP contribution in [-0.2, 0) is 10.0 Å². The number of aryl methyl sites for hydroxylation is 1. The standard InChI is InChI=1S/C14H18N2O2S/c1-10-2-6-12(7-3-10)19(17,18)16-15-14-9-5-11-4-8-13(11)14/h2-3,6-7,11,13,16H,4-5,8-9H2,1H3/b15-14-/t11-,13-/m1/s1. The zero-order valence-corrected chi connectivity index (χ0v) is 11.8. The van der Waals surface area contributed by atoms with Gasteiger partial charge in [-0.15, -0.1) is 0 Å². The lowest BCUT2D eigenvalue weighted by molar-refractivity contribution is 0.265. The van der Waals surface area contributed by atoms with Crippen LogP contribution in [0.5, 0.6) is 0 Å². The number of fused-ring (bicyclic) bond motifs is 1. The molecule has 5 heteroatoms. The summed E-state index contributed by atoms with van der Waals surface area (Å²) in [5.74, 6) is 1.28. The molecule has 4 nitrogen and oxygen atoms in total. The Bertz CT molecular complexity index is 605. The monoisotopic (exact) mass is 278 g/mol. The minimum atomic E-state index is -3.52. The van der Waals surface area contributed by atoms with Gasteiger partial charge in [0.05, 0.1) is 4.90 Å². The number of hydrogen-bond donors (Lipinski definition) is 1. The molecule has 2 aliphatic rings. The fraction of sp³-hybridized carbons (Fsp3) is 0.500. The highest BCUT2D eigenvalue weighted by Crippen LogP contribution is 2.44. The van der Waals surface area contributed by atoms with Crippen molar-refractivity contribution in [1.82, 2.24) is 4.83 Å². The molecular formula is C14H18N2O2S. The number of rotatable bonds is 3. The van der Waals surface area contributed by atoms with E-state index in [9.17, 15) is 8.42 Å². The minimum Gasteiger partial charge on any atom is -0.200 e. The molecule has 0 aromatic heterocycles. The van der Waals surface area contributed by atoms with Crippen molar-refractivity contribution >= 4 is 15.7 Å². The molecule has 2 atom stereocenters. The third kappa shape index (κ3) is 2.39. The summed E-state index contributed by atoms with van der Waals surface area (Å²) in [5.41, 5.74) is 2.07. The van der Waals surface area contributed by atoms with Gasteiger partial charge in [-0.25, -0.2) is 4.83 Å². The van der Waals surface area contributed by atoms with Crippen LogP contribution in [0, 0.1) is 18.8 Å². The largest absolute Gasteiger partial charge is 0.276 e. The molecule has 1 aromatic rings. The van der Waals surface area contributed by atoms with Gasteiger partial charge < -0.3 is 0 Å². The Hall–Kier alpha value is -1.36. The van der Waals surface area contributed by atoms with Crippen molar-refractivity contribution < 1.29 is 8.42 Å². The molecule has 1 aromatic carbocycles. The van der Waals surface area contributed by atoms with Crippen LogP contribution in [0.2, 0.25) is 0 Å². The maximum atomic E-state index is 12.1. The van der Waals surface area contributed by atoms with Crippen LogP contribution in [0.4, 0.5) is 0 Å². The van der Waals surface area contributed by atoms with Gasteiger partial charge in [-0.3, -0.25) is 0 Å². The van der Waals surface area contributed by atoms with E-state index in [4.69, 9.17) is 0 Å². The van der Waals surface area contributed by atoms with Crippen LogP contribution in [0.1, 0.15) is 31.2 Å². The van der Waals surface area contributed by atoms with Crippen LogP contribution >= 0.6 is 0 Å². The topological polar surface area (TPSA) is 58.5 Å². The lowest BCUT2D eigenvalue weighted by Gasteiger charge is -2.29. The number of nitrogens with zero attached hydrogens (tertiary/aromatic N) is 1. The first-order valence-corrected chi connectivity index (χ1v) is 8.19. The first-order valence-electron chi connectivity index (χ1n) is 6.71. The van der Waals surface area contributed by atoms with Gasteiger partial charge in [0.2, 0.25) is 0 Å². The third-order valence-electron chi connectivity index (χ3n) is 4.26. The first-order chi connectivity index (χ1) is 9.06. The predicted octanol–water partition coefficient (Wildman–Crippen LogP) is 2.45. The summed E-state index contributed by atoms with van der Waals surface area (Å²) in [7, 11) is -3.52. The van der Waals surface area contributed by atoms with Gasteiger partial charge in [-0.05, 0) is 50.7 Å². The van der Waals surface area contributed by atoms with Crippen LogP contribution in [0.3, 0.4) is 0 Å². The second-order valence-corrected chi connectivity index (χ2v) is 7.15. The van der Waals surface area contributed by atoms with E-state index in [0.29, 0.717) is 5.92 Å². The average Bonchev–Trinajstić information content (AvgIpc) is 2.62. The number of benzene rings is 1. The predicted molar refractivity (Wildman–Crippen MR) is 74.4 cm³/mol. The average molecular weight is 278 g/mol.